The van der Waals surface area contributed by atoms with E-state index in [0.29, 0.717) is 5.71 Å². The minimum absolute atomic E-state index is 0.00227. The van der Waals surface area contributed by atoms with Crippen molar-refractivity contribution in [2.24, 2.45) is 11.1 Å². The highest BCUT2D eigenvalue weighted by Gasteiger charge is 2.30. The van der Waals surface area contributed by atoms with Crippen molar-refractivity contribution in [2.45, 2.75) is 45.1 Å². The molecule has 0 bridgehead atoms. The van der Waals surface area contributed by atoms with Gasteiger partial charge in [0, 0.05) is 12.3 Å². The Morgan fingerprint density at radius 2 is 1.63 bits per heavy atom. The smallest absolute Gasteiger partial charge is 0.328 e. The number of nitrogens with one attached hydrogen (secondary N) is 1. The van der Waals surface area contributed by atoms with Crippen LogP contribution >= 0.6 is 11.8 Å². The summed E-state index contributed by atoms with van der Waals surface area (Å²) in [4.78, 5) is 30.7. The zero-order valence-electron chi connectivity index (χ0n) is 22.9. The first-order valence-electron chi connectivity index (χ1n) is 12.9. The number of rotatable bonds is 12. The molecule has 3 rings (SSSR count). The number of amides is 1. The molecular formula is C29H38N2O6S. The number of carbonyl (C=O) groups excluding carboxylic acids is 2. The van der Waals surface area contributed by atoms with Crippen molar-refractivity contribution in [3.63, 3.8) is 0 Å². The van der Waals surface area contributed by atoms with Crippen LogP contribution in [0.25, 0.3) is 11.1 Å². The van der Waals surface area contributed by atoms with Gasteiger partial charge in [-0.3, -0.25) is 4.79 Å². The maximum Gasteiger partial charge on any atom is 0.328 e. The third-order valence-corrected chi connectivity index (χ3v) is 7.66. The molecule has 2 aromatic carbocycles. The number of esters is 1. The van der Waals surface area contributed by atoms with Crippen molar-refractivity contribution in [1.82, 2.24) is 5.32 Å². The van der Waals surface area contributed by atoms with Gasteiger partial charge in [0.2, 0.25) is 0 Å². The van der Waals surface area contributed by atoms with Crippen LogP contribution in [-0.4, -0.2) is 63.6 Å². The van der Waals surface area contributed by atoms with Crippen LogP contribution in [0.3, 0.4) is 0 Å². The van der Waals surface area contributed by atoms with E-state index in [1.165, 1.54) is 14.2 Å². The van der Waals surface area contributed by atoms with Gasteiger partial charge in [-0.05, 0) is 59.6 Å². The van der Waals surface area contributed by atoms with Gasteiger partial charge in [-0.25, -0.2) is 4.79 Å². The third-order valence-electron chi connectivity index (χ3n) is 6.61. The van der Waals surface area contributed by atoms with E-state index in [0.717, 1.165) is 70.9 Å². The number of hydrogen-bond acceptors (Lipinski definition) is 8. The highest BCUT2D eigenvalue weighted by Crippen LogP contribution is 2.40. The van der Waals surface area contributed by atoms with Crippen LogP contribution in [0.15, 0.2) is 41.6 Å². The van der Waals surface area contributed by atoms with Gasteiger partial charge in [0.05, 0.1) is 26.9 Å². The van der Waals surface area contributed by atoms with Gasteiger partial charge in [0.25, 0.3) is 5.91 Å². The summed E-state index contributed by atoms with van der Waals surface area (Å²) in [5.74, 6) is 2.49. The van der Waals surface area contributed by atoms with Crippen molar-refractivity contribution in [3.05, 3.63) is 47.5 Å². The Morgan fingerprint density at radius 3 is 2.16 bits per heavy atom. The molecule has 1 fully saturated rings. The lowest BCUT2D eigenvalue weighted by atomic mass is 9.95. The molecule has 2 aromatic rings. The molecule has 0 spiro atoms. The lowest BCUT2D eigenvalue weighted by molar-refractivity contribution is -0.144. The fourth-order valence-corrected chi connectivity index (χ4v) is 5.77. The summed E-state index contributed by atoms with van der Waals surface area (Å²) in [5, 5.41) is 6.84. The molecular weight excluding hydrogens is 504 g/mol. The van der Waals surface area contributed by atoms with Crippen LogP contribution in [0, 0.1) is 5.92 Å². The second-order valence-corrected chi connectivity index (χ2v) is 10.3. The summed E-state index contributed by atoms with van der Waals surface area (Å²) < 4.78 is 16.4. The molecule has 1 saturated heterocycles. The van der Waals surface area contributed by atoms with Gasteiger partial charge in [-0.1, -0.05) is 42.8 Å². The average Bonchev–Trinajstić information content (AvgIpc) is 2.95. The van der Waals surface area contributed by atoms with Gasteiger partial charge in [-0.2, -0.15) is 11.8 Å². The van der Waals surface area contributed by atoms with Crippen molar-refractivity contribution in [3.8, 4) is 22.6 Å². The second kappa shape index (κ2) is 14.7. The number of thioether (sulfide) groups is 1. The molecule has 206 valence electrons. The fourth-order valence-electron chi connectivity index (χ4n) is 4.67. The number of methoxy groups -OCH3 is 3. The molecule has 1 heterocycles. The standard InChI is InChI=1S/C29H38N2O6S/c1-6-7-20-17-24(34-2)26(25(18-20)35-3)21-10-8-19(9-11-21)16-23(29(33)36-4)30-28(32)27(31-37-5)22-12-14-38-15-13-22/h8-11,17-18,22-23H,6-7,12-16H2,1-5H3,(H,30,32)/t23-/m0/s1. The van der Waals surface area contributed by atoms with Crippen molar-refractivity contribution in [2.75, 3.05) is 39.9 Å². The summed E-state index contributed by atoms with van der Waals surface area (Å²) in [6.07, 6.45) is 3.91. The van der Waals surface area contributed by atoms with Gasteiger partial charge in [-0.15, -0.1) is 0 Å². The van der Waals surface area contributed by atoms with Crippen LogP contribution in [0.1, 0.15) is 37.3 Å². The number of oxime groups is 1. The SMILES string of the molecule is CCCc1cc(OC)c(-c2ccc(C[C@H](NC(=O)C(=NOC)C3CCSCC3)C(=O)OC)cc2)c(OC)c1. The Labute approximate surface area is 229 Å². The largest absolute Gasteiger partial charge is 0.496 e. The van der Waals surface area contributed by atoms with Gasteiger partial charge in [0.15, 0.2) is 0 Å². The van der Waals surface area contributed by atoms with E-state index in [4.69, 9.17) is 19.0 Å². The molecule has 8 nitrogen and oxygen atoms in total. The predicted molar refractivity (Wildman–Crippen MR) is 151 cm³/mol. The summed E-state index contributed by atoms with van der Waals surface area (Å²) in [5.41, 5.74) is 4.13. The Balaban J connectivity index is 1.81. The Kier molecular flexibility index (Phi) is 11.3. The average molecular weight is 543 g/mol. The molecule has 0 saturated carbocycles. The topological polar surface area (TPSA) is 95.5 Å². The number of carbonyl (C=O) groups is 2. The normalized spacial score (nSPS) is 14.9. The number of hydrogen-bond donors (Lipinski definition) is 1. The molecule has 1 atom stereocenters. The molecule has 1 aliphatic heterocycles. The zero-order valence-corrected chi connectivity index (χ0v) is 23.7. The zero-order chi connectivity index (χ0) is 27.5. The highest BCUT2D eigenvalue weighted by molar-refractivity contribution is 7.99. The Bertz CT molecular complexity index is 1090. The lowest BCUT2D eigenvalue weighted by Gasteiger charge is -2.23. The first-order chi connectivity index (χ1) is 18.4. The molecule has 0 aromatic heterocycles. The molecule has 1 amide bonds. The molecule has 9 heteroatoms. The molecule has 0 aliphatic carbocycles. The fraction of sp³-hybridized carbons (Fsp3) is 0.483. The maximum absolute atomic E-state index is 13.1. The Hall–Kier alpha value is -3.20. The Morgan fingerprint density at radius 1 is 1.00 bits per heavy atom. The molecule has 38 heavy (non-hydrogen) atoms. The van der Waals surface area contributed by atoms with Crippen molar-refractivity contribution >= 4 is 29.4 Å². The summed E-state index contributed by atoms with van der Waals surface area (Å²) in [6.45, 7) is 2.13. The number of aryl methyl sites for hydroxylation is 1. The monoisotopic (exact) mass is 542 g/mol. The summed E-state index contributed by atoms with van der Waals surface area (Å²) in [6, 6.07) is 11.0. The second-order valence-electron chi connectivity index (χ2n) is 9.12. The van der Waals surface area contributed by atoms with E-state index >= 15 is 0 Å². The quantitative estimate of drug-likeness (QED) is 0.237. The first kappa shape index (κ1) is 29.4. The van der Waals surface area contributed by atoms with Crippen LogP contribution in [0.2, 0.25) is 0 Å². The van der Waals surface area contributed by atoms with Gasteiger partial charge < -0.3 is 24.4 Å². The van der Waals surface area contributed by atoms with Gasteiger partial charge in [0.1, 0.15) is 30.4 Å². The summed E-state index contributed by atoms with van der Waals surface area (Å²) in [7, 11) is 6.04. The number of ether oxygens (including phenoxy) is 3. The van der Waals surface area contributed by atoms with E-state index in [2.05, 4.69) is 17.4 Å². The van der Waals surface area contributed by atoms with E-state index < -0.39 is 17.9 Å². The predicted octanol–water partition coefficient (Wildman–Crippen LogP) is 4.67. The number of benzene rings is 2. The molecule has 0 radical (unpaired) electrons. The molecule has 1 N–H and O–H groups in total. The van der Waals surface area contributed by atoms with Crippen molar-refractivity contribution < 1.29 is 28.6 Å². The summed E-state index contributed by atoms with van der Waals surface area (Å²) >= 11 is 1.86. The van der Waals surface area contributed by atoms with Crippen LogP contribution in [0.5, 0.6) is 11.5 Å². The minimum Gasteiger partial charge on any atom is -0.496 e. The van der Waals surface area contributed by atoms with Crippen LogP contribution in [-0.2, 0) is 32.0 Å². The minimum atomic E-state index is -0.865. The third kappa shape index (κ3) is 7.43. The van der Waals surface area contributed by atoms with E-state index in [-0.39, 0.29) is 12.3 Å². The van der Waals surface area contributed by atoms with Gasteiger partial charge >= 0.3 is 5.97 Å². The molecule has 0 unspecified atom stereocenters. The van der Waals surface area contributed by atoms with Crippen LogP contribution < -0.4 is 14.8 Å². The van der Waals surface area contributed by atoms with E-state index in [1.54, 1.807) is 14.2 Å². The van der Waals surface area contributed by atoms with E-state index in [1.807, 2.05) is 48.2 Å². The lowest BCUT2D eigenvalue weighted by Crippen LogP contribution is -2.47. The number of nitrogens with zero attached hydrogens (tertiary/aromatic N) is 1. The maximum atomic E-state index is 13.1. The van der Waals surface area contributed by atoms with E-state index in [9.17, 15) is 9.59 Å². The molecule has 1 aliphatic rings. The van der Waals surface area contributed by atoms with Crippen molar-refractivity contribution in [1.29, 1.82) is 0 Å². The van der Waals surface area contributed by atoms with Crippen LogP contribution in [0.4, 0.5) is 0 Å². The highest BCUT2D eigenvalue weighted by atomic mass is 32.2. The first-order valence-corrected chi connectivity index (χ1v) is 14.0.